The lowest BCUT2D eigenvalue weighted by atomic mass is 9.99. The normalized spacial score (nSPS) is 14.8. The molecule has 3 aromatic carbocycles. The van der Waals surface area contributed by atoms with Crippen molar-refractivity contribution in [3.8, 4) is 11.3 Å². The number of urea groups is 1. The van der Waals surface area contributed by atoms with E-state index in [4.69, 9.17) is 4.74 Å². The van der Waals surface area contributed by atoms with Gasteiger partial charge in [-0.3, -0.25) is 9.69 Å². The van der Waals surface area contributed by atoms with Crippen LogP contribution in [0.25, 0.3) is 22.0 Å². The second kappa shape index (κ2) is 12.8. The third-order valence-corrected chi connectivity index (χ3v) is 7.70. The number of aromatic nitrogens is 1. The molecule has 8 nitrogen and oxygen atoms in total. The highest BCUT2D eigenvalue weighted by Crippen LogP contribution is 2.28. The molecule has 1 atom stereocenters. The van der Waals surface area contributed by atoms with Crippen molar-refractivity contribution in [2.75, 3.05) is 20.2 Å². The number of unbranched alkanes of at least 4 members (excludes halogenated alkanes) is 1. The van der Waals surface area contributed by atoms with Gasteiger partial charge in [-0.1, -0.05) is 80.1 Å². The maximum Gasteiger partial charge on any atom is 0.339 e. The number of amides is 3. The first-order valence-corrected chi connectivity index (χ1v) is 14.3. The predicted octanol–water partition coefficient (Wildman–Crippen LogP) is 5.97. The Kier molecular flexibility index (Phi) is 8.71. The number of methoxy groups -OCH3 is 1. The Balaban J connectivity index is 1.39. The van der Waals surface area contributed by atoms with E-state index in [-0.39, 0.29) is 11.9 Å². The van der Waals surface area contributed by atoms with E-state index < -0.39 is 12.0 Å². The fraction of sp³-hybridized carbons (Fsp3) is 0.265. The lowest BCUT2D eigenvalue weighted by molar-refractivity contribution is -0.118. The SMILES string of the molecule is CCCCN1C(=O)NC(c2ccc3ccccc3c2)C=C1C(=O)NCCn1c(-c2ccccc2)cc(C(=O)OC)c1C. The molecule has 1 aliphatic rings. The Morgan fingerprint density at radius 2 is 1.69 bits per heavy atom. The van der Waals surface area contributed by atoms with Gasteiger partial charge in [0.05, 0.1) is 18.7 Å². The van der Waals surface area contributed by atoms with E-state index in [1.165, 1.54) is 12.0 Å². The average molecular weight is 565 g/mol. The third-order valence-electron chi connectivity index (χ3n) is 7.70. The van der Waals surface area contributed by atoms with Crippen LogP contribution in [0.5, 0.6) is 0 Å². The van der Waals surface area contributed by atoms with Crippen molar-refractivity contribution in [2.45, 2.75) is 39.3 Å². The van der Waals surface area contributed by atoms with E-state index in [1.54, 1.807) is 0 Å². The smallest absolute Gasteiger partial charge is 0.339 e. The molecule has 4 aromatic rings. The molecule has 0 fully saturated rings. The van der Waals surface area contributed by atoms with Crippen LogP contribution in [0.3, 0.4) is 0 Å². The van der Waals surface area contributed by atoms with Gasteiger partial charge in [-0.25, -0.2) is 9.59 Å². The molecule has 1 aromatic heterocycles. The molecule has 2 heterocycles. The maximum absolute atomic E-state index is 13.6. The molecule has 5 rings (SSSR count). The van der Waals surface area contributed by atoms with E-state index >= 15 is 0 Å². The van der Waals surface area contributed by atoms with Crippen molar-refractivity contribution < 1.29 is 19.1 Å². The van der Waals surface area contributed by atoms with Crippen molar-refractivity contribution >= 4 is 28.7 Å². The lowest BCUT2D eigenvalue weighted by Gasteiger charge is -2.32. The third kappa shape index (κ3) is 5.93. The molecule has 0 saturated carbocycles. The first kappa shape index (κ1) is 28.7. The summed E-state index contributed by atoms with van der Waals surface area (Å²) < 4.78 is 7.01. The Morgan fingerprint density at radius 3 is 2.43 bits per heavy atom. The number of esters is 1. The quantitative estimate of drug-likeness (QED) is 0.232. The summed E-state index contributed by atoms with van der Waals surface area (Å²) in [6.07, 6.45) is 3.50. The molecule has 0 radical (unpaired) electrons. The van der Waals surface area contributed by atoms with Gasteiger partial charge in [0.15, 0.2) is 0 Å². The summed E-state index contributed by atoms with van der Waals surface area (Å²) >= 11 is 0. The zero-order chi connectivity index (χ0) is 29.6. The van der Waals surface area contributed by atoms with E-state index in [0.29, 0.717) is 30.9 Å². The minimum absolute atomic E-state index is 0.287. The molecule has 216 valence electrons. The molecule has 2 N–H and O–H groups in total. The summed E-state index contributed by atoms with van der Waals surface area (Å²) in [6, 6.07) is 25.0. The largest absolute Gasteiger partial charge is 0.465 e. The number of hydrogen-bond donors (Lipinski definition) is 2. The zero-order valence-electron chi connectivity index (χ0n) is 24.2. The first-order valence-electron chi connectivity index (χ1n) is 14.3. The summed E-state index contributed by atoms with van der Waals surface area (Å²) in [6.45, 7) is 5.10. The molecule has 0 spiro atoms. The molecular formula is C34H36N4O4. The van der Waals surface area contributed by atoms with Crippen molar-refractivity contribution in [1.82, 2.24) is 20.1 Å². The Morgan fingerprint density at radius 1 is 0.952 bits per heavy atom. The minimum Gasteiger partial charge on any atom is -0.465 e. The van der Waals surface area contributed by atoms with Gasteiger partial charge in [0.2, 0.25) is 0 Å². The van der Waals surface area contributed by atoms with Gasteiger partial charge in [0.1, 0.15) is 5.70 Å². The minimum atomic E-state index is -0.431. The Hall–Kier alpha value is -4.85. The fourth-order valence-corrected chi connectivity index (χ4v) is 5.40. The maximum atomic E-state index is 13.6. The van der Waals surface area contributed by atoms with Crippen LogP contribution in [0, 0.1) is 6.92 Å². The molecule has 0 aliphatic carbocycles. The van der Waals surface area contributed by atoms with Crippen LogP contribution in [-0.4, -0.2) is 47.6 Å². The first-order chi connectivity index (χ1) is 20.4. The van der Waals surface area contributed by atoms with Gasteiger partial charge >= 0.3 is 12.0 Å². The Labute approximate surface area is 246 Å². The van der Waals surface area contributed by atoms with Gasteiger partial charge < -0.3 is 19.9 Å². The van der Waals surface area contributed by atoms with Gasteiger partial charge in [-0.2, -0.15) is 0 Å². The molecule has 1 unspecified atom stereocenters. The van der Waals surface area contributed by atoms with Gasteiger partial charge in [-0.15, -0.1) is 0 Å². The number of carbonyl (C=O) groups is 3. The zero-order valence-corrected chi connectivity index (χ0v) is 24.2. The van der Waals surface area contributed by atoms with Crippen molar-refractivity contribution in [3.63, 3.8) is 0 Å². The van der Waals surface area contributed by atoms with Crippen LogP contribution < -0.4 is 10.6 Å². The van der Waals surface area contributed by atoms with E-state index in [1.807, 2.05) is 96.4 Å². The number of nitrogens with one attached hydrogen (secondary N) is 2. The summed E-state index contributed by atoms with van der Waals surface area (Å²) in [7, 11) is 1.37. The van der Waals surface area contributed by atoms with Gasteiger partial charge in [0, 0.05) is 31.0 Å². The van der Waals surface area contributed by atoms with E-state index in [9.17, 15) is 14.4 Å². The number of hydrogen-bond acceptors (Lipinski definition) is 4. The average Bonchev–Trinajstić information content (AvgIpc) is 3.35. The van der Waals surface area contributed by atoms with E-state index in [0.717, 1.165) is 46.1 Å². The molecule has 8 heteroatoms. The number of nitrogens with zero attached hydrogens (tertiary/aromatic N) is 2. The van der Waals surface area contributed by atoms with Gasteiger partial charge in [-0.05, 0) is 53.5 Å². The Bertz CT molecular complexity index is 1640. The molecule has 0 bridgehead atoms. The number of benzene rings is 3. The van der Waals surface area contributed by atoms with Crippen LogP contribution in [0.1, 0.15) is 47.4 Å². The standard InChI is InChI=1S/C34H36N4O4/c1-4-5-18-38-31(22-29(36-34(38)41)27-16-15-24-11-9-10-14-26(24)20-27)32(39)35-17-19-37-23(2)28(33(40)42-3)21-30(37)25-12-7-6-8-13-25/h6-16,20-22,29H,4-5,17-19H2,1-3H3,(H,35,39)(H,36,41). The van der Waals surface area contributed by atoms with Crippen LogP contribution in [-0.2, 0) is 16.1 Å². The molecule has 3 amide bonds. The van der Waals surface area contributed by atoms with Crippen molar-refractivity contribution in [1.29, 1.82) is 0 Å². The van der Waals surface area contributed by atoms with Crippen molar-refractivity contribution in [3.05, 3.63) is 107 Å². The summed E-state index contributed by atoms with van der Waals surface area (Å²) in [5, 5.41) is 8.26. The topological polar surface area (TPSA) is 92.7 Å². The van der Waals surface area contributed by atoms with Crippen molar-refractivity contribution in [2.24, 2.45) is 0 Å². The highest BCUT2D eigenvalue weighted by molar-refractivity contribution is 5.98. The second-order valence-corrected chi connectivity index (χ2v) is 10.4. The second-order valence-electron chi connectivity index (χ2n) is 10.4. The highest BCUT2D eigenvalue weighted by atomic mass is 16.5. The monoisotopic (exact) mass is 564 g/mol. The molecular weight excluding hydrogens is 528 g/mol. The molecule has 42 heavy (non-hydrogen) atoms. The predicted molar refractivity (Wildman–Crippen MR) is 164 cm³/mol. The van der Waals surface area contributed by atoms with Crippen LogP contribution >= 0.6 is 0 Å². The lowest BCUT2D eigenvalue weighted by Crippen LogP contribution is -2.49. The van der Waals surface area contributed by atoms with Gasteiger partial charge in [0.25, 0.3) is 5.91 Å². The summed E-state index contributed by atoms with van der Waals surface area (Å²) in [4.78, 5) is 40.8. The summed E-state index contributed by atoms with van der Waals surface area (Å²) in [5.74, 6) is -0.719. The number of ether oxygens (including phenoxy) is 1. The van der Waals surface area contributed by atoms with Crippen LogP contribution in [0.2, 0.25) is 0 Å². The van der Waals surface area contributed by atoms with Crippen LogP contribution in [0.4, 0.5) is 4.79 Å². The number of carbonyl (C=O) groups excluding carboxylic acids is 3. The van der Waals surface area contributed by atoms with Crippen LogP contribution in [0.15, 0.2) is 90.6 Å². The number of rotatable bonds is 10. The molecule has 1 aliphatic heterocycles. The highest BCUT2D eigenvalue weighted by Gasteiger charge is 2.31. The molecule has 0 saturated heterocycles. The summed E-state index contributed by atoms with van der Waals surface area (Å²) in [5.41, 5.74) is 4.31. The van der Waals surface area contributed by atoms with E-state index in [2.05, 4.69) is 17.6 Å². The fourth-order valence-electron chi connectivity index (χ4n) is 5.40. The number of fused-ring (bicyclic) bond motifs is 1.